The highest BCUT2D eigenvalue weighted by Gasteiger charge is 2.12. The van der Waals surface area contributed by atoms with Gasteiger partial charge in [-0.25, -0.2) is 0 Å². The van der Waals surface area contributed by atoms with Gasteiger partial charge in [0.15, 0.2) is 0 Å². The van der Waals surface area contributed by atoms with Crippen molar-refractivity contribution in [3.8, 4) is 0 Å². The topological polar surface area (TPSA) is 63.8 Å². The lowest BCUT2D eigenvalue weighted by Crippen LogP contribution is -2.28. The SMILES string of the molecule is NNC(Cc1ccc(Br)cc1)c1cnns1. The molecule has 2 aromatic rings. The van der Waals surface area contributed by atoms with Crippen molar-refractivity contribution >= 4 is 27.5 Å². The van der Waals surface area contributed by atoms with Crippen molar-refractivity contribution in [3.63, 3.8) is 0 Å². The molecule has 0 saturated heterocycles. The molecule has 3 N–H and O–H groups in total. The van der Waals surface area contributed by atoms with E-state index in [9.17, 15) is 0 Å². The number of nitrogens with one attached hydrogen (secondary N) is 1. The fraction of sp³-hybridized carbons (Fsp3) is 0.200. The number of hydrogen-bond acceptors (Lipinski definition) is 5. The molecule has 0 aliphatic carbocycles. The second-order valence-corrected chi connectivity index (χ2v) is 5.10. The van der Waals surface area contributed by atoms with Crippen LogP contribution in [0.4, 0.5) is 0 Å². The Balaban J connectivity index is 2.10. The van der Waals surface area contributed by atoms with Crippen LogP contribution in [0.2, 0.25) is 0 Å². The molecule has 1 aromatic carbocycles. The zero-order chi connectivity index (χ0) is 11.4. The minimum Gasteiger partial charge on any atom is -0.271 e. The third-order valence-corrected chi connectivity index (χ3v) is 3.58. The molecule has 1 aromatic heterocycles. The van der Waals surface area contributed by atoms with Gasteiger partial charge in [0.1, 0.15) is 0 Å². The monoisotopic (exact) mass is 298 g/mol. The number of hydrazine groups is 1. The normalized spacial score (nSPS) is 12.6. The number of benzene rings is 1. The number of rotatable bonds is 4. The average Bonchev–Trinajstić information content (AvgIpc) is 2.82. The van der Waals surface area contributed by atoms with E-state index in [1.165, 1.54) is 17.1 Å². The molecule has 0 aliphatic rings. The van der Waals surface area contributed by atoms with E-state index in [0.717, 1.165) is 15.8 Å². The molecule has 0 radical (unpaired) electrons. The molecule has 0 fully saturated rings. The first kappa shape index (κ1) is 11.7. The zero-order valence-corrected chi connectivity index (χ0v) is 10.8. The predicted molar refractivity (Wildman–Crippen MR) is 67.8 cm³/mol. The highest BCUT2D eigenvalue weighted by atomic mass is 79.9. The predicted octanol–water partition coefficient (Wildman–Crippen LogP) is 2.05. The van der Waals surface area contributed by atoms with E-state index in [4.69, 9.17) is 5.84 Å². The van der Waals surface area contributed by atoms with Crippen LogP contribution in [0.5, 0.6) is 0 Å². The fourth-order valence-corrected chi connectivity index (χ4v) is 2.25. The molecular weight excluding hydrogens is 288 g/mol. The Morgan fingerprint density at radius 3 is 2.69 bits per heavy atom. The number of halogens is 1. The minimum absolute atomic E-state index is 0.0705. The van der Waals surface area contributed by atoms with Crippen molar-refractivity contribution in [1.29, 1.82) is 0 Å². The third kappa shape index (κ3) is 2.85. The molecule has 0 bridgehead atoms. The Labute approximate surface area is 106 Å². The van der Waals surface area contributed by atoms with E-state index < -0.39 is 0 Å². The Morgan fingerprint density at radius 1 is 1.38 bits per heavy atom. The van der Waals surface area contributed by atoms with Gasteiger partial charge in [0.05, 0.1) is 17.1 Å². The van der Waals surface area contributed by atoms with Crippen LogP contribution in [0.25, 0.3) is 0 Å². The van der Waals surface area contributed by atoms with Crippen molar-refractivity contribution in [2.24, 2.45) is 5.84 Å². The van der Waals surface area contributed by atoms with Crippen molar-refractivity contribution < 1.29 is 0 Å². The molecule has 2 rings (SSSR count). The molecule has 0 spiro atoms. The molecule has 4 nitrogen and oxygen atoms in total. The molecule has 16 heavy (non-hydrogen) atoms. The van der Waals surface area contributed by atoms with Crippen molar-refractivity contribution in [2.75, 3.05) is 0 Å². The van der Waals surface area contributed by atoms with E-state index in [1.807, 2.05) is 12.1 Å². The summed E-state index contributed by atoms with van der Waals surface area (Å²) in [7, 11) is 0. The highest BCUT2D eigenvalue weighted by molar-refractivity contribution is 9.10. The molecule has 1 unspecified atom stereocenters. The van der Waals surface area contributed by atoms with Gasteiger partial charge >= 0.3 is 0 Å². The van der Waals surface area contributed by atoms with Crippen LogP contribution in [0.15, 0.2) is 34.9 Å². The number of nitrogens with two attached hydrogens (primary N) is 1. The highest BCUT2D eigenvalue weighted by Crippen LogP contribution is 2.20. The summed E-state index contributed by atoms with van der Waals surface area (Å²) < 4.78 is 4.91. The van der Waals surface area contributed by atoms with Crippen LogP contribution >= 0.6 is 27.5 Å². The molecule has 6 heteroatoms. The maximum Gasteiger partial charge on any atom is 0.0670 e. The zero-order valence-electron chi connectivity index (χ0n) is 8.43. The van der Waals surface area contributed by atoms with Gasteiger partial charge in [0.25, 0.3) is 0 Å². The van der Waals surface area contributed by atoms with E-state index >= 15 is 0 Å². The summed E-state index contributed by atoms with van der Waals surface area (Å²) in [5.41, 5.74) is 4.01. The number of aromatic nitrogens is 2. The quantitative estimate of drug-likeness (QED) is 0.670. The standard InChI is InChI=1S/C10H11BrN4S/c11-8-3-1-7(2-4-8)5-9(14-12)10-6-13-15-16-10/h1-4,6,9,14H,5,12H2. The first-order chi connectivity index (χ1) is 7.79. The Hall–Kier alpha value is -0.820. The van der Waals surface area contributed by atoms with Gasteiger partial charge in [0.2, 0.25) is 0 Å². The number of hydrogen-bond donors (Lipinski definition) is 2. The Kier molecular flexibility index (Phi) is 4.00. The summed E-state index contributed by atoms with van der Waals surface area (Å²) >= 11 is 4.77. The fourth-order valence-electron chi connectivity index (χ4n) is 1.43. The molecule has 0 amide bonds. The van der Waals surface area contributed by atoms with Crippen LogP contribution < -0.4 is 11.3 Å². The van der Waals surface area contributed by atoms with Crippen molar-refractivity contribution in [1.82, 2.24) is 15.0 Å². The van der Waals surface area contributed by atoms with Crippen LogP contribution in [-0.2, 0) is 6.42 Å². The third-order valence-electron chi connectivity index (χ3n) is 2.28. The summed E-state index contributed by atoms with van der Waals surface area (Å²) in [6.45, 7) is 0. The van der Waals surface area contributed by atoms with Crippen LogP contribution in [-0.4, -0.2) is 9.59 Å². The van der Waals surface area contributed by atoms with E-state index in [-0.39, 0.29) is 6.04 Å². The van der Waals surface area contributed by atoms with Gasteiger partial charge in [-0.3, -0.25) is 11.3 Å². The second-order valence-electron chi connectivity index (χ2n) is 3.37. The largest absolute Gasteiger partial charge is 0.271 e. The Morgan fingerprint density at radius 2 is 2.12 bits per heavy atom. The molecule has 1 heterocycles. The molecule has 1 atom stereocenters. The van der Waals surface area contributed by atoms with E-state index in [2.05, 4.69) is 43.1 Å². The van der Waals surface area contributed by atoms with Gasteiger partial charge < -0.3 is 0 Å². The summed E-state index contributed by atoms with van der Waals surface area (Å²) in [5.74, 6) is 5.53. The smallest absolute Gasteiger partial charge is 0.0670 e. The number of nitrogens with zero attached hydrogens (tertiary/aromatic N) is 2. The first-order valence-corrected chi connectivity index (χ1v) is 6.34. The van der Waals surface area contributed by atoms with Crippen LogP contribution in [0, 0.1) is 0 Å². The summed E-state index contributed by atoms with van der Waals surface area (Å²) in [4.78, 5) is 1.05. The van der Waals surface area contributed by atoms with Gasteiger partial charge in [-0.1, -0.05) is 32.6 Å². The Bertz CT molecular complexity index is 429. The molecular formula is C10H11BrN4S. The summed E-state index contributed by atoms with van der Waals surface area (Å²) in [6, 6.07) is 8.26. The maximum atomic E-state index is 5.53. The lowest BCUT2D eigenvalue weighted by molar-refractivity contribution is 0.559. The lowest BCUT2D eigenvalue weighted by atomic mass is 10.1. The summed E-state index contributed by atoms with van der Waals surface area (Å²) in [5, 5.41) is 3.81. The lowest BCUT2D eigenvalue weighted by Gasteiger charge is -2.12. The molecule has 0 aliphatic heterocycles. The van der Waals surface area contributed by atoms with Crippen molar-refractivity contribution in [3.05, 3.63) is 45.4 Å². The maximum absolute atomic E-state index is 5.53. The van der Waals surface area contributed by atoms with Gasteiger partial charge in [-0.15, -0.1) is 5.10 Å². The van der Waals surface area contributed by atoms with Crippen molar-refractivity contribution in [2.45, 2.75) is 12.5 Å². The van der Waals surface area contributed by atoms with Gasteiger partial charge in [0, 0.05) is 4.47 Å². The van der Waals surface area contributed by atoms with Gasteiger partial charge in [-0.2, -0.15) is 0 Å². The van der Waals surface area contributed by atoms with Crippen LogP contribution in [0.1, 0.15) is 16.5 Å². The minimum atomic E-state index is 0.0705. The second kappa shape index (κ2) is 5.49. The van der Waals surface area contributed by atoms with Gasteiger partial charge in [-0.05, 0) is 35.6 Å². The average molecular weight is 299 g/mol. The first-order valence-electron chi connectivity index (χ1n) is 4.77. The van der Waals surface area contributed by atoms with Crippen LogP contribution in [0.3, 0.4) is 0 Å². The van der Waals surface area contributed by atoms with E-state index in [1.54, 1.807) is 6.20 Å². The summed E-state index contributed by atoms with van der Waals surface area (Å²) in [6.07, 6.45) is 2.57. The molecule has 84 valence electrons. The van der Waals surface area contributed by atoms with E-state index in [0.29, 0.717) is 0 Å². The molecule has 0 saturated carbocycles.